The third-order valence-electron chi connectivity index (χ3n) is 4.40. The molecule has 1 aliphatic rings. The van der Waals surface area contributed by atoms with Gasteiger partial charge in [-0.25, -0.2) is 8.42 Å². The zero-order chi connectivity index (χ0) is 22.0. The van der Waals surface area contributed by atoms with Crippen LogP contribution in [-0.2, 0) is 14.6 Å². The van der Waals surface area contributed by atoms with Crippen LogP contribution >= 0.6 is 24.0 Å². The van der Waals surface area contributed by atoms with Crippen molar-refractivity contribution in [3.8, 4) is 5.75 Å². The quantitative estimate of drug-likeness (QED) is 0.181. The summed E-state index contributed by atoms with van der Waals surface area (Å²) in [5.74, 6) is 0.789. The predicted molar refractivity (Wildman–Crippen MR) is 129 cm³/mol. The maximum absolute atomic E-state index is 12.7. The minimum absolute atomic E-state index is 0. The van der Waals surface area contributed by atoms with E-state index >= 15 is 0 Å². The van der Waals surface area contributed by atoms with Gasteiger partial charge in [0, 0.05) is 31.9 Å². The lowest BCUT2D eigenvalue weighted by Crippen LogP contribution is -2.44. The van der Waals surface area contributed by atoms with Crippen molar-refractivity contribution in [2.75, 3.05) is 56.3 Å². The van der Waals surface area contributed by atoms with E-state index in [1.807, 2.05) is 11.8 Å². The second-order valence-corrected chi connectivity index (χ2v) is 9.18. The number of guanidine groups is 1. The van der Waals surface area contributed by atoms with Gasteiger partial charge >= 0.3 is 6.61 Å². The van der Waals surface area contributed by atoms with E-state index in [0.29, 0.717) is 44.4 Å². The summed E-state index contributed by atoms with van der Waals surface area (Å²) in [6, 6.07) is 6.86. The Hall–Kier alpha value is -1.41. The van der Waals surface area contributed by atoms with E-state index in [2.05, 4.69) is 20.4 Å². The lowest BCUT2D eigenvalue weighted by Gasteiger charge is -2.22. The van der Waals surface area contributed by atoms with Crippen molar-refractivity contribution in [2.24, 2.45) is 4.99 Å². The number of hydrogen-bond donors (Lipinski definition) is 2. The SMILES string of the molecule is CCNC(=NCCOCCS(C)(=O)=O)NC1CCN(c2ccccc2OC(F)F)C1.I. The Morgan fingerprint density at radius 2 is 2.06 bits per heavy atom. The Bertz CT molecular complexity index is 799. The second kappa shape index (κ2) is 13.9. The van der Waals surface area contributed by atoms with Crippen LogP contribution in [0.4, 0.5) is 14.5 Å². The van der Waals surface area contributed by atoms with Crippen molar-refractivity contribution < 1.29 is 26.7 Å². The fourth-order valence-corrected chi connectivity index (χ4v) is 3.48. The fraction of sp³-hybridized carbons (Fsp3) is 0.632. The molecular weight excluding hydrogens is 545 g/mol. The Labute approximate surface area is 199 Å². The normalized spacial score (nSPS) is 16.9. The zero-order valence-corrected chi connectivity index (χ0v) is 20.9. The van der Waals surface area contributed by atoms with E-state index in [1.54, 1.807) is 18.2 Å². The lowest BCUT2D eigenvalue weighted by molar-refractivity contribution is -0.0495. The molecule has 0 amide bonds. The minimum Gasteiger partial charge on any atom is -0.433 e. The predicted octanol–water partition coefficient (Wildman–Crippen LogP) is 2.10. The number of para-hydroxylation sites is 2. The summed E-state index contributed by atoms with van der Waals surface area (Å²) in [4.78, 5) is 6.45. The molecule has 0 radical (unpaired) electrons. The number of aliphatic imine (C=N–C) groups is 1. The number of nitrogens with zero attached hydrogens (tertiary/aromatic N) is 2. The van der Waals surface area contributed by atoms with Gasteiger partial charge in [0.15, 0.2) is 5.96 Å². The smallest absolute Gasteiger partial charge is 0.387 e. The molecule has 1 heterocycles. The van der Waals surface area contributed by atoms with Gasteiger partial charge in [-0.05, 0) is 25.5 Å². The molecule has 0 bridgehead atoms. The topological polar surface area (TPSA) is 92.3 Å². The first-order valence-corrected chi connectivity index (χ1v) is 11.9. The van der Waals surface area contributed by atoms with Gasteiger partial charge in [0.25, 0.3) is 0 Å². The molecule has 1 saturated heterocycles. The average Bonchev–Trinajstić information content (AvgIpc) is 3.12. The molecule has 0 spiro atoms. The van der Waals surface area contributed by atoms with Crippen molar-refractivity contribution in [3.63, 3.8) is 0 Å². The first kappa shape index (κ1) is 27.6. The van der Waals surface area contributed by atoms with Crippen LogP contribution in [0.3, 0.4) is 0 Å². The third-order valence-corrected chi connectivity index (χ3v) is 5.31. The first-order chi connectivity index (χ1) is 14.3. The van der Waals surface area contributed by atoms with Crippen LogP contribution in [0, 0.1) is 0 Å². The molecule has 0 aliphatic carbocycles. The monoisotopic (exact) mass is 576 g/mol. The van der Waals surface area contributed by atoms with Gasteiger partial charge in [-0.2, -0.15) is 8.78 Å². The van der Waals surface area contributed by atoms with Crippen molar-refractivity contribution >= 4 is 45.5 Å². The summed E-state index contributed by atoms with van der Waals surface area (Å²) in [7, 11) is -3.03. The van der Waals surface area contributed by atoms with Crippen molar-refractivity contribution in [3.05, 3.63) is 24.3 Å². The van der Waals surface area contributed by atoms with Crippen molar-refractivity contribution in [2.45, 2.75) is 26.0 Å². The first-order valence-electron chi connectivity index (χ1n) is 9.87. The van der Waals surface area contributed by atoms with E-state index in [1.165, 1.54) is 12.3 Å². The van der Waals surface area contributed by atoms with Crippen LogP contribution < -0.4 is 20.3 Å². The highest BCUT2D eigenvalue weighted by Crippen LogP contribution is 2.31. The van der Waals surface area contributed by atoms with Gasteiger partial charge in [0.05, 0.1) is 31.2 Å². The molecule has 1 aromatic rings. The molecule has 8 nitrogen and oxygen atoms in total. The lowest BCUT2D eigenvalue weighted by atomic mass is 10.2. The van der Waals surface area contributed by atoms with E-state index < -0.39 is 16.4 Å². The molecule has 1 aliphatic heterocycles. The summed E-state index contributed by atoms with van der Waals surface area (Å²) in [6.07, 6.45) is 1.99. The molecule has 178 valence electrons. The summed E-state index contributed by atoms with van der Waals surface area (Å²) in [5.41, 5.74) is 0.642. The molecule has 1 aromatic carbocycles. The maximum Gasteiger partial charge on any atom is 0.387 e. The van der Waals surface area contributed by atoms with Gasteiger partial charge in [0.2, 0.25) is 0 Å². The van der Waals surface area contributed by atoms with E-state index in [0.717, 1.165) is 6.42 Å². The summed E-state index contributed by atoms with van der Waals surface area (Å²) in [6.45, 7) is 1.96. The molecule has 2 rings (SSSR count). The van der Waals surface area contributed by atoms with Crippen LogP contribution in [0.25, 0.3) is 0 Å². The van der Waals surface area contributed by atoms with E-state index in [-0.39, 0.29) is 48.1 Å². The van der Waals surface area contributed by atoms with Crippen LogP contribution in [0.1, 0.15) is 13.3 Å². The Balaban J connectivity index is 0.00000480. The zero-order valence-electron chi connectivity index (χ0n) is 17.7. The highest BCUT2D eigenvalue weighted by Gasteiger charge is 2.26. The number of alkyl halides is 2. The minimum atomic E-state index is -3.03. The van der Waals surface area contributed by atoms with Crippen molar-refractivity contribution in [1.82, 2.24) is 10.6 Å². The molecule has 1 fully saturated rings. The Kier molecular flexibility index (Phi) is 12.4. The molecule has 31 heavy (non-hydrogen) atoms. The van der Waals surface area contributed by atoms with Crippen LogP contribution in [0.2, 0.25) is 0 Å². The van der Waals surface area contributed by atoms with E-state index in [9.17, 15) is 17.2 Å². The van der Waals surface area contributed by atoms with Gasteiger partial charge in [-0.15, -0.1) is 24.0 Å². The number of sulfone groups is 1. The number of anilines is 1. The van der Waals surface area contributed by atoms with Gasteiger partial charge in [-0.3, -0.25) is 4.99 Å². The number of nitrogens with one attached hydrogen (secondary N) is 2. The summed E-state index contributed by atoms with van der Waals surface area (Å²) < 4.78 is 57.4. The molecular formula is C19H31F2IN4O4S. The number of hydrogen-bond acceptors (Lipinski definition) is 6. The number of benzene rings is 1. The van der Waals surface area contributed by atoms with Crippen LogP contribution in [0.5, 0.6) is 5.75 Å². The highest BCUT2D eigenvalue weighted by molar-refractivity contribution is 14.0. The summed E-state index contributed by atoms with van der Waals surface area (Å²) >= 11 is 0. The number of halogens is 3. The Morgan fingerprint density at radius 1 is 1.32 bits per heavy atom. The molecule has 12 heteroatoms. The highest BCUT2D eigenvalue weighted by atomic mass is 127. The molecule has 0 saturated carbocycles. The largest absolute Gasteiger partial charge is 0.433 e. The number of ether oxygens (including phenoxy) is 2. The van der Waals surface area contributed by atoms with Gasteiger partial charge in [-0.1, -0.05) is 12.1 Å². The molecule has 2 N–H and O–H groups in total. The van der Waals surface area contributed by atoms with Crippen LogP contribution in [0.15, 0.2) is 29.3 Å². The summed E-state index contributed by atoms with van der Waals surface area (Å²) in [5, 5.41) is 6.51. The standard InChI is InChI=1S/C19H30F2N4O4S.HI/c1-3-22-19(23-9-11-28-12-13-30(2,26)27)24-15-8-10-25(14-15)16-6-4-5-7-17(16)29-18(20)21;/h4-7,15,18H,3,8-14H2,1-2H3,(H2,22,23,24);1H. The van der Waals surface area contributed by atoms with Gasteiger partial charge < -0.3 is 25.0 Å². The van der Waals surface area contributed by atoms with E-state index in [4.69, 9.17) is 4.74 Å². The van der Waals surface area contributed by atoms with Crippen molar-refractivity contribution in [1.29, 1.82) is 0 Å². The van der Waals surface area contributed by atoms with Crippen LogP contribution in [-0.4, -0.2) is 78.4 Å². The molecule has 1 atom stereocenters. The Morgan fingerprint density at radius 3 is 2.74 bits per heavy atom. The average molecular weight is 576 g/mol. The van der Waals surface area contributed by atoms with Gasteiger partial charge in [0.1, 0.15) is 15.6 Å². The second-order valence-electron chi connectivity index (χ2n) is 6.93. The molecule has 0 aromatic heterocycles. The number of rotatable bonds is 11. The third kappa shape index (κ3) is 10.6. The maximum atomic E-state index is 12.7. The molecule has 1 unspecified atom stereocenters. The fourth-order valence-electron chi connectivity index (χ4n) is 3.06.